The second-order valence-corrected chi connectivity index (χ2v) is 26.5. The quantitative estimate of drug-likeness (QED) is 0.123. The molecular formula is C60H68ClN11O9S3. The third-order valence-electron chi connectivity index (χ3n) is 16.6. The lowest BCUT2D eigenvalue weighted by molar-refractivity contribution is -0.191. The van der Waals surface area contributed by atoms with Crippen molar-refractivity contribution in [1.29, 1.82) is 0 Å². The number of carbonyl (C=O) groups excluding carboxylic acids is 8. The molecule has 14 rings (SSSR count). The number of hydrogen-bond donors (Lipinski definition) is 3. The second kappa shape index (κ2) is 25.1. The number of anilines is 5. The van der Waals surface area contributed by atoms with Gasteiger partial charge in [-0.25, -0.2) is 14.8 Å². The van der Waals surface area contributed by atoms with Crippen molar-refractivity contribution in [2.45, 2.75) is 116 Å². The average molecular weight is 1220 g/mol. The molecule has 10 heterocycles. The van der Waals surface area contributed by atoms with Crippen LogP contribution in [-0.4, -0.2) is 117 Å². The van der Waals surface area contributed by atoms with Crippen LogP contribution < -0.4 is 30.7 Å². The number of hydrogen-bond acceptors (Lipinski definition) is 15. The zero-order valence-electron chi connectivity index (χ0n) is 47.1. The monoisotopic (exact) mass is 1220 g/mol. The van der Waals surface area contributed by atoms with E-state index in [1.54, 1.807) is 33.3 Å². The minimum Gasteiger partial charge on any atom is -0.444 e. The number of nitrogens with zero attached hydrogens (tertiary/aromatic N) is 8. The summed E-state index contributed by atoms with van der Waals surface area (Å²) in [7, 11) is 0. The number of halogens is 1. The first-order valence-corrected chi connectivity index (χ1v) is 30.9. The minimum atomic E-state index is -0.509. The first-order valence-electron chi connectivity index (χ1n) is 28.4. The zero-order chi connectivity index (χ0) is 58.0. The van der Waals surface area contributed by atoms with Crippen LogP contribution in [0.1, 0.15) is 129 Å². The van der Waals surface area contributed by atoms with Gasteiger partial charge in [0.05, 0.1) is 46.8 Å². The highest BCUT2D eigenvalue weighted by Gasteiger charge is 2.52. The molecule has 2 aliphatic carbocycles. The molecule has 7 aromatic rings. The molecule has 3 N–H and O–H groups in total. The molecule has 5 saturated heterocycles. The molecule has 7 fully saturated rings. The largest absolute Gasteiger partial charge is 0.444 e. The van der Waals surface area contributed by atoms with Crippen molar-refractivity contribution >= 4 is 137 Å². The van der Waals surface area contributed by atoms with Crippen LogP contribution in [0.25, 0.3) is 22.1 Å². The van der Waals surface area contributed by atoms with E-state index in [0.29, 0.717) is 65.6 Å². The van der Waals surface area contributed by atoms with E-state index in [0.717, 1.165) is 121 Å². The molecule has 5 aromatic heterocycles. The number of carbonyl (C=O) groups is 6. The molecule has 20 nitrogen and oxygen atoms in total. The Labute approximate surface area is 504 Å². The lowest BCUT2D eigenvalue weighted by Gasteiger charge is -2.46. The van der Waals surface area contributed by atoms with Crippen molar-refractivity contribution in [3.63, 3.8) is 0 Å². The summed E-state index contributed by atoms with van der Waals surface area (Å²) in [5.74, 6) is 1.26. The number of nitrogens with one attached hydrogen (secondary N) is 3. The van der Waals surface area contributed by atoms with Crippen LogP contribution in [0.2, 0.25) is 0 Å². The van der Waals surface area contributed by atoms with E-state index in [1.165, 1.54) is 29.1 Å². The fraction of sp³-hybridized carbons (Fsp3) is 0.450. The van der Waals surface area contributed by atoms with Crippen LogP contribution in [0.5, 0.6) is 0 Å². The second-order valence-electron chi connectivity index (χ2n) is 23.5. The number of thiophene rings is 3. The first kappa shape index (κ1) is 59.9. The summed E-state index contributed by atoms with van der Waals surface area (Å²) in [6, 6.07) is 27.8. The van der Waals surface area contributed by atoms with Crippen LogP contribution in [0.15, 0.2) is 90.3 Å². The molecule has 24 heteroatoms. The van der Waals surface area contributed by atoms with Gasteiger partial charge < -0.3 is 38.8 Å². The highest BCUT2D eigenvalue weighted by molar-refractivity contribution is 7.18. The number of aromatic nitrogens is 4. The van der Waals surface area contributed by atoms with Crippen molar-refractivity contribution in [3.8, 4) is 0 Å². The van der Waals surface area contributed by atoms with E-state index in [1.807, 2.05) is 103 Å². The third kappa shape index (κ3) is 12.7. The van der Waals surface area contributed by atoms with Crippen LogP contribution in [0, 0.1) is 10.8 Å². The van der Waals surface area contributed by atoms with Crippen LogP contribution >= 0.6 is 46.4 Å². The number of rotatable bonds is 9. The van der Waals surface area contributed by atoms with Gasteiger partial charge in [0.1, 0.15) is 5.60 Å². The summed E-state index contributed by atoms with van der Waals surface area (Å²) in [4.78, 5) is 108. The molecule has 0 bridgehead atoms. The SMILES string of the molecule is CC(C)(C)OC(=O)N1CCC2(CC(n3c(NC(=O)c4ccc(N5CCCC5=O)s4)nc4ccccc43)C2)C1.Cl.O=C(Nc1nc2ccccc2n1C1CC2(CCNC2)C1)c1ccc(N2CCCC2=O)s1.O=C1CCCN1c1cccs1.O=C=O. The van der Waals surface area contributed by atoms with E-state index in [-0.39, 0.29) is 65.6 Å². The summed E-state index contributed by atoms with van der Waals surface area (Å²) >= 11 is 4.32. The van der Waals surface area contributed by atoms with E-state index >= 15 is 0 Å². The fourth-order valence-electron chi connectivity index (χ4n) is 12.7. The smallest absolute Gasteiger partial charge is 0.410 e. The fourth-order valence-corrected chi connectivity index (χ4v) is 15.4. The summed E-state index contributed by atoms with van der Waals surface area (Å²) in [5.41, 5.74) is 3.75. The maximum absolute atomic E-state index is 13.2. The summed E-state index contributed by atoms with van der Waals surface area (Å²) < 4.78 is 9.95. The lowest BCUT2D eigenvalue weighted by atomic mass is 9.65. The van der Waals surface area contributed by atoms with Crippen molar-refractivity contribution in [2.24, 2.45) is 10.8 Å². The van der Waals surface area contributed by atoms with Gasteiger partial charge >= 0.3 is 12.2 Å². The molecule has 0 radical (unpaired) electrons. The Hall–Kier alpha value is -7.27. The number of likely N-dealkylation sites (tertiary alicyclic amines) is 1. The molecule has 6 amide bonds. The molecule has 0 atom stereocenters. The maximum Gasteiger partial charge on any atom is 0.410 e. The molecule has 5 aliphatic heterocycles. The molecule has 84 heavy (non-hydrogen) atoms. The highest BCUT2D eigenvalue weighted by Crippen LogP contribution is 2.56. The standard InChI is InChI=1S/C28H33N5O4S.C23H25N5O2S.C8H9NOS.CO2.ClH/c1-27(2,3)37-26(36)31-14-12-28(17-31)15-18(16-28)33-20-8-5-4-7-19(20)29-25(33)30-24(35)21-10-11-23(38-21)32-13-6-9-22(32)34;29-19-6-3-11-27(19)20-8-7-18(31-20)21(30)26-22-25-16-4-1-2-5-17(16)28(22)15-12-23(13-15)9-10-24-14-23;10-7-3-1-5-9(7)8-4-2-6-11-8;2-1-3;/h4-5,7-8,10-11,18H,6,9,12-17H2,1-3H3,(H,29,30,35);1-2,4-5,7-8,15,24H,3,6,9-14H2,(H,25,26,30);2,4,6H,1,3,5H2;;1H. The number of ether oxygens (including phenoxy) is 1. The predicted octanol–water partition coefficient (Wildman–Crippen LogP) is 10.9. The predicted molar refractivity (Wildman–Crippen MR) is 327 cm³/mol. The van der Waals surface area contributed by atoms with Gasteiger partial charge in [-0.2, -0.15) is 9.59 Å². The number of imidazole rings is 2. The Balaban J connectivity index is 0.000000152. The normalized spacial score (nSPS) is 22.4. The van der Waals surface area contributed by atoms with Crippen LogP contribution in [0.3, 0.4) is 0 Å². The number of fused-ring (bicyclic) bond motifs is 2. The summed E-state index contributed by atoms with van der Waals surface area (Å²) in [6.07, 6.45) is 10.8. The van der Waals surface area contributed by atoms with Crippen molar-refractivity contribution < 1.29 is 43.1 Å². The Morgan fingerprint density at radius 3 is 1.54 bits per heavy atom. The lowest BCUT2D eigenvalue weighted by Crippen LogP contribution is -2.43. The van der Waals surface area contributed by atoms with E-state index < -0.39 is 5.60 Å². The number of para-hydroxylation sites is 4. The molecule has 2 aromatic carbocycles. The van der Waals surface area contributed by atoms with Crippen molar-refractivity contribution in [1.82, 2.24) is 29.3 Å². The van der Waals surface area contributed by atoms with Gasteiger partial charge in [-0.05, 0) is 162 Å². The van der Waals surface area contributed by atoms with E-state index in [9.17, 15) is 28.8 Å². The van der Waals surface area contributed by atoms with Gasteiger partial charge in [0.25, 0.3) is 11.8 Å². The molecule has 2 saturated carbocycles. The zero-order valence-corrected chi connectivity index (χ0v) is 50.4. The molecule has 7 aliphatic rings. The number of benzene rings is 2. The van der Waals surface area contributed by atoms with Gasteiger partial charge in [0.2, 0.25) is 29.6 Å². The Morgan fingerprint density at radius 1 is 0.631 bits per heavy atom. The average Bonchev–Trinajstić information content (AvgIpc) is 3.84. The highest BCUT2D eigenvalue weighted by atomic mass is 35.5. The molecule has 442 valence electrons. The Morgan fingerprint density at radius 2 is 1.11 bits per heavy atom. The molecule has 0 unspecified atom stereocenters. The van der Waals surface area contributed by atoms with Gasteiger partial charge in [-0.15, -0.1) is 46.4 Å². The molecular weight excluding hydrogens is 1150 g/mol. The van der Waals surface area contributed by atoms with Crippen molar-refractivity contribution in [3.05, 3.63) is 100 Å². The Bertz CT molecular complexity index is 3600. The van der Waals surface area contributed by atoms with E-state index in [2.05, 4.69) is 31.2 Å². The van der Waals surface area contributed by atoms with Gasteiger partial charge in [-0.3, -0.25) is 34.6 Å². The van der Waals surface area contributed by atoms with Crippen LogP contribution in [-0.2, 0) is 28.7 Å². The first-order chi connectivity index (χ1) is 40.0. The molecule has 2 spiro atoms. The number of amides is 6. The summed E-state index contributed by atoms with van der Waals surface area (Å²) in [6.45, 7) is 11.6. The van der Waals surface area contributed by atoms with Gasteiger partial charge in [-0.1, -0.05) is 24.3 Å². The maximum atomic E-state index is 13.2. The summed E-state index contributed by atoms with van der Waals surface area (Å²) in [5, 5.41) is 14.3. The van der Waals surface area contributed by atoms with Crippen molar-refractivity contribution in [2.75, 3.05) is 71.1 Å². The van der Waals surface area contributed by atoms with Gasteiger partial charge in [0.15, 0.2) is 0 Å². The Kier molecular flexibility index (Phi) is 17.9. The van der Waals surface area contributed by atoms with E-state index in [4.69, 9.17) is 24.3 Å². The third-order valence-corrected chi connectivity index (χ3v) is 19.7. The van der Waals surface area contributed by atoms with Gasteiger partial charge in [0, 0.05) is 70.6 Å². The topological polar surface area (TPSA) is 230 Å². The minimum absolute atomic E-state index is 0. The van der Waals surface area contributed by atoms with Crippen LogP contribution in [0.4, 0.5) is 31.7 Å².